The van der Waals surface area contributed by atoms with Gasteiger partial charge >= 0.3 is 0 Å². The van der Waals surface area contributed by atoms with E-state index in [0.29, 0.717) is 11.3 Å². The summed E-state index contributed by atoms with van der Waals surface area (Å²) in [4.78, 5) is 23.9. The van der Waals surface area contributed by atoms with E-state index in [-0.39, 0.29) is 17.2 Å². The van der Waals surface area contributed by atoms with Crippen LogP contribution < -0.4 is 15.4 Å². The Bertz CT molecular complexity index is 861. The summed E-state index contributed by atoms with van der Waals surface area (Å²) in [7, 11) is -1.97. The SMILES string of the molecule is CNC(=O)c1ccc(NC(=O)c2ccccc2NS(C)(=O)=O)cc1. The molecule has 0 saturated heterocycles. The molecule has 7 nitrogen and oxygen atoms in total. The fraction of sp³-hybridized carbons (Fsp3) is 0.125. The number of amides is 2. The van der Waals surface area contributed by atoms with Gasteiger partial charge < -0.3 is 10.6 Å². The van der Waals surface area contributed by atoms with Gasteiger partial charge in [-0.2, -0.15) is 0 Å². The van der Waals surface area contributed by atoms with E-state index in [9.17, 15) is 18.0 Å². The molecule has 0 aliphatic heterocycles. The van der Waals surface area contributed by atoms with Crippen molar-refractivity contribution in [2.45, 2.75) is 0 Å². The van der Waals surface area contributed by atoms with Gasteiger partial charge in [0.2, 0.25) is 10.0 Å². The lowest BCUT2D eigenvalue weighted by molar-refractivity contribution is 0.0962. The molecule has 0 aliphatic rings. The fourth-order valence-corrected chi connectivity index (χ4v) is 2.60. The van der Waals surface area contributed by atoms with Crippen molar-refractivity contribution < 1.29 is 18.0 Å². The predicted molar refractivity (Wildman–Crippen MR) is 92.7 cm³/mol. The van der Waals surface area contributed by atoms with Gasteiger partial charge in [-0.3, -0.25) is 14.3 Å². The summed E-state index contributed by atoms with van der Waals surface area (Å²) >= 11 is 0. The minimum Gasteiger partial charge on any atom is -0.355 e. The summed E-state index contributed by atoms with van der Waals surface area (Å²) in [6.45, 7) is 0. The maximum Gasteiger partial charge on any atom is 0.257 e. The number of benzene rings is 2. The molecule has 0 aliphatic carbocycles. The Morgan fingerprint density at radius 1 is 0.917 bits per heavy atom. The third-order valence-corrected chi connectivity index (χ3v) is 3.69. The first-order valence-corrected chi connectivity index (χ1v) is 8.89. The number of rotatable bonds is 5. The second kappa shape index (κ2) is 7.14. The highest BCUT2D eigenvalue weighted by molar-refractivity contribution is 7.92. The summed E-state index contributed by atoms with van der Waals surface area (Å²) in [6.07, 6.45) is 1.01. The van der Waals surface area contributed by atoms with Crippen LogP contribution in [0.3, 0.4) is 0 Å². The third kappa shape index (κ3) is 4.56. The van der Waals surface area contributed by atoms with Gasteiger partial charge in [-0.05, 0) is 36.4 Å². The smallest absolute Gasteiger partial charge is 0.257 e. The second-order valence-electron chi connectivity index (χ2n) is 5.03. The van der Waals surface area contributed by atoms with E-state index < -0.39 is 15.9 Å². The van der Waals surface area contributed by atoms with Crippen molar-refractivity contribution in [1.29, 1.82) is 0 Å². The molecule has 0 bridgehead atoms. The van der Waals surface area contributed by atoms with Crippen molar-refractivity contribution in [2.75, 3.05) is 23.3 Å². The molecular weight excluding hydrogens is 330 g/mol. The number of hydrogen-bond acceptors (Lipinski definition) is 4. The Labute approximate surface area is 140 Å². The molecule has 24 heavy (non-hydrogen) atoms. The maximum absolute atomic E-state index is 12.4. The molecule has 2 rings (SSSR count). The average molecular weight is 347 g/mol. The fourth-order valence-electron chi connectivity index (χ4n) is 2.02. The predicted octanol–water partition coefficient (Wildman–Crippen LogP) is 1.67. The van der Waals surface area contributed by atoms with Crippen molar-refractivity contribution in [1.82, 2.24) is 5.32 Å². The highest BCUT2D eigenvalue weighted by atomic mass is 32.2. The van der Waals surface area contributed by atoms with Crippen LogP contribution in [0, 0.1) is 0 Å². The first kappa shape index (κ1) is 17.5. The van der Waals surface area contributed by atoms with E-state index in [1.54, 1.807) is 36.4 Å². The number of anilines is 2. The van der Waals surface area contributed by atoms with Gasteiger partial charge in [0.1, 0.15) is 0 Å². The highest BCUT2D eigenvalue weighted by Crippen LogP contribution is 2.18. The van der Waals surface area contributed by atoms with Crippen molar-refractivity contribution in [2.24, 2.45) is 0 Å². The summed E-state index contributed by atoms with van der Waals surface area (Å²) in [6, 6.07) is 12.6. The lowest BCUT2D eigenvalue weighted by Gasteiger charge is -2.11. The summed E-state index contributed by atoms with van der Waals surface area (Å²) in [5, 5.41) is 5.17. The number of para-hydroxylation sites is 1. The molecule has 2 aromatic carbocycles. The first-order chi connectivity index (χ1) is 11.3. The van der Waals surface area contributed by atoms with Crippen LogP contribution in [0.2, 0.25) is 0 Å². The number of nitrogens with one attached hydrogen (secondary N) is 3. The normalized spacial score (nSPS) is 10.8. The Balaban J connectivity index is 2.20. The standard InChI is InChI=1S/C16H17N3O4S/c1-17-15(20)11-7-9-12(10-8-11)18-16(21)13-5-3-4-6-14(13)19-24(2,22)23/h3-10,19H,1-2H3,(H,17,20)(H,18,21). The van der Waals surface area contributed by atoms with E-state index in [1.165, 1.54) is 19.2 Å². The van der Waals surface area contributed by atoms with Gasteiger partial charge in [0, 0.05) is 18.3 Å². The average Bonchev–Trinajstić information content (AvgIpc) is 2.53. The van der Waals surface area contributed by atoms with Crippen LogP contribution in [0.4, 0.5) is 11.4 Å². The molecule has 2 aromatic rings. The molecule has 0 heterocycles. The molecule has 8 heteroatoms. The minimum atomic E-state index is -3.50. The summed E-state index contributed by atoms with van der Waals surface area (Å²) in [5.41, 5.74) is 1.34. The lowest BCUT2D eigenvalue weighted by Crippen LogP contribution is -2.18. The van der Waals surface area contributed by atoms with E-state index in [0.717, 1.165) is 6.26 Å². The molecule has 0 unspecified atom stereocenters. The zero-order chi connectivity index (χ0) is 17.7. The molecule has 0 saturated carbocycles. The molecule has 3 N–H and O–H groups in total. The summed E-state index contributed by atoms with van der Waals surface area (Å²) in [5.74, 6) is -0.690. The molecule has 2 amide bonds. The van der Waals surface area contributed by atoms with E-state index >= 15 is 0 Å². The molecular formula is C16H17N3O4S. The Morgan fingerprint density at radius 2 is 1.54 bits per heavy atom. The minimum absolute atomic E-state index is 0.193. The van der Waals surface area contributed by atoms with Gasteiger partial charge in [0.25, 0.3) is 11.8 Å². The number of sulfonamides is 1. The number of carbonyl (C=O) groups is 2. The molecule has 0 radical (unpaired) electrons. The zero-order valence-electron chi connectivity index (χ0n) is 13.2. The van der Waals surface area contributed by atoms with Crippen LogP contribution in [-0.4, -0.2) is 33.5 Å². The first-order valence-electron chi connectivity index (χ1n) is 7.00. The van der Waals surface area contributed by atoms with Gasteiger partial charge in [-0.25, -0.2) is 8.42 Å². The second-order valence-corrected chi connectivity index (χ2v) is 6.78. The molecule has 0 spiro atoms. The van der Waals surface area contributed by atoms with Gasteiger partial charge in [-0.1, -0.05) is 12.1 Å². The van der Waals surface area contributed by atoms with Crippen LogP contribution in [0.5, 0.6) is 0 Å². The van der Waals surface area contributed by atoms with Crippen molar-refractivity contribution in [3.8, 4) is 0 Å². The van der Waals surface area contributed by atoms with E-state index in [1.807, 2.05) is 0 Å². The van der Waals surface area contributed by atoms with Crippen LogP contribution in [0.25, 0.3) is 0 Å². The molecule has 0 fully saturated rings. The monoisotopic (exact) mass is 347 g/mol. The molecule has 0 atom stereocenters. The number of carbonyl (C=O) groups excluding carboxylic acids is 2. The van der Waals surface area contributed by atoms with Crippen LogP contribution in [0.15, 0.2) is 48.5 Å². The third-order valence-electron chi connectivity index (χ3n) is 3.10. The quantitative estimate of drug-likeness (QED) is 0.765. The van der Waals surface area contributed by atoms with E-state index in [2.05, 4.69) is 15.4 Å². The van der Waals surface area contributed by atoms with Crippen molar-refractivity contribution in [3.63, 3.8) is 0 Å². The van der Waals surface area contributed by atoms with E-state index in [4.69, 9.17) is 0 Å². The van der Waals surface area contributed by atoms with Crippen LogP contribution in [0.1, 0.15) is 20.7 Å². The van der Waals surface area contributed by atoms with Crippen molar-refractivity contribution >= 4 is 33.2 Å². The Hall–Kier alpha value is -2.87. The summed E-state index contributed by atoms with van der Waals surface area (Å²) < 4.78 is 25.1. The zero-order valence-corrected chi connectivity index (χ0v) is 14.0. The Kier molecular flexibility index (Phi) is 5.20. The Morgan fingerprint density at radius 3 is 2.12 bits per heavy atom. The van der Waals surface area contributed by atoms with Gasteiger partial charge in [0.15, 0.2) is 0 Å². The lowest BCUT2D eigenvalue weighted by atomic mass is 10.1. The van der Waals surface area contributed by atoms with Gasteiger partial charge in [-0.15, -0.1) is 0 Å². The number of hydrogen-bond donors (Lipinski definition) is 3. The largest absolute Gasteiger partial charge is 0.355 e. The molecule has 126 valence electrons. The van der Waals surface area contributed by atoms with Crippen molar-refractivity contribution in [3.05, 3.63) is 59.7 Å². The highest BCUT2D eigenvalue weighted by Gasteiger charge is 2.14. The topological polar surface area (TPSA) is 104 Å². The van der Waals surface area contributed by atoms with Gasteiger partial charge in [0.05, 0.1) is 17.5 Å². The van der Waals surface area contributed by atoms with Crippen LogP contribution >= 0.6 is 0 Å². The van der Waals surface area contributed by atoms with Crippen LogP contribution in [-0.2, 0) is 10.0 Å². The molecule has 0 aromatic heterocycles. The maximum atomic E-state index is 12.4.